The number of hydrogen-bond donors (Lipinski definition) is 4. The third-order valence-electron chi connectivity index (χ3n) is 3.16. The van der Waals surface area contributed by atoms with Gasteiger partial charge in [0.15, 0.2) is 17.4 Å². The summed E-state index contributed by atoms with van der Waals surface area (Å²) in [6, 6.07) is 0. The van der Waals surface area contributed by atoms with Crippen LogP contribution >= 0.6 is 0 Å². The molecule has 0 spiro atoms. The molecule has 9 nitrogen and oxygen atoms in total. The highest BCUT2D eigenvalue weighted by Crippen LogP contribution is 2.30. The smallest absolute Gasteiger partial charge is 0.278 e. The van der Waals surface area contributed by atoms with E-state index in [2.05, 4.69) is 15.0 Å². The van der Waals surface area contributed by atoms with Gasteiger partial charge in [-0.15, -0.1) is 0 Å². The molecular formula is C10H12N4O5. The minimum Gasteiger partial charge on any atom is -0.394 e. The number of nitrogens with one attached hydrogen (secondary N) is 1. The zero-order valence-electron chi connectivity index (χ0n) is 9.67. The van der Waals surface area contributed by atoms with Crippen LogP contribution in [0.25, 0.3) is 11.2 Å². The van der Waals surface area contributed by atoms with Gasteiger partial charge < -0.3 is 25.0 Å². The van der Waals surface area contributed by atoms with Gasteiger partial charge in [0.05, 0.1) is 19.3 Å². The molecule has 4 unspecified atom stereocenters. The zero-order valence-corrected chi connectivity index (χ0v) is 9.67. The Morgan fingerprint density at radius 1 is 1.37 bits per heavy atom. The van der Waals surface area contributed by atoms with Gasteiger partial charge in [-0.05, 0) is 0 Å². The van der Waals surface area contributed by atoms with Crippen LogP contribution in [0.1, 0.15) is 6.23 Å². The summed E-state index contributed by atoms with van der Waals surface area (Å²) in [6.45, 7) is -0.421. The molecule has 4 atom stereocenters. The first kappa shape index (κ1) is 12.2. The predicted octanol–water partition coefficient (Wildman–Crippen LogP) is -2.27. The zero-order chi connectivity index (χ0) is 13.6. The van der Waals surface area contributed by atoms with Crippen molar-refractivity contribution >= 4 is 11.2 Å². The molecule has 19 heavy (non-hydrogen) atoms. The van der Waals surface area contributed by atoms with Crippen molar-refractivity contribution in [3.05, 3.63) is 23.0 Å². The van der Waals surface area contributed by atoms with Gasteiger partial charge in [0, 0.05) is 0 Å². The van der Waals surface area contributed by atoms with Gasteiger partial charge in [-0.2, -0.15) is 0 Å². The van der Waals surface area contributed by atoms with Crippen molar-refractivity contribution in [1.82, 2.24) is 19.5 Å². The SMILES string of the molecule is O=c1[nH]cnc2c1ncn2[13CH]1O[13CH]([13CH2]O)[13CH](O)[13CH]1O. The number of imidazole rings is 1. The molecule has 1 aliphatic rings. The fourth-order valence-electron chi connectivity index (χ4n) is 2.16. The van der Waals surface area contributed by atoms with E-state index < -0.39 is 36.7 Å². The van der Waals surface area contributed by atoms with E-state index in [9.17, 15) is 15.0 Å². The van der Waals surface area contributed by atoms with E-state index in [-0.39, 0.29) is 11.2 Å². The Bertz CT molecular complexity index is 653. The van der Waals surface area contributed by atoms with Crippen LogP contribution in [0.5, 0.6) is 0 Å². The lowest BCUT2D eigenvalue weighted by molar-refractivity contribution is -0.0511. The van der Waals surface area contributed by atoms with Crippen molar-refractivity contribution in [1.29, 1.82) is 0 Å². The second kappa shape index (κ2) is 4.38. The van der Waals surface area contributed by atoms with Crippen LogP contribution in [0.4, 0.5) is 0 Å². The lowest BCUT2D eigenvalue weighted by atomic mass is 10.5. The largest absolute Gasteiger partial charge is 0.394 e. The van der Waals surface area contributed by atoms with Crippen LogP contribution in [0, 0.1) is 0 Å². The summed E-state index contributed by atoms with van der Waals surface area (Å²) in [5.41, 5.74) is -0.0608. The fourth-order valence-corrected chi connectivity index (χ4v) is 2.16. The standard InChI is InChI=1S/C10H12N4O5/c15-1-4-6(16)7(17)10(19-4)14-3-13-5-8(14)11-2-12-9(5)18/h2-4,6-7,10,15-17H,1H2,(H,11,12,18)/i1+1,4+1,6+1,7+1,10+1. The van der Waals surface area contributed by atoms with Gasteiger partial charge in [-0.1, -0.05) is 0 Å². The predicted molar refractivity (Wildman–Crippen MR) is 61.2 cm³/mol. The van der Waals surface area contributed by atoms with Gasteiger partial charge in [0.1, 0.15) is 18.3 Å². The van der Waals surface area contributed by atoms with E-state index in [0.717, 1.165) is 0 Å². The Kier molecular flexibility index (Phi) is 2.82. The Morgan fingerprint density at radius 3 is 2.84 bits per heavy atom. The summed E-state index contributed by atoms with van der Waals surface area (Å²) in [5.74, 6) is 0. The van der Waals surface area contributed by atoms with Crippen LogP contribution in [0.15, 0.2) is 17.4 Å². The number of H-pyrrole nitrogens is 1. The van der Waals surface area contributed by atoms with Gasteiger partial charge >= 0.3 is 0 Å². The van der Waals surface area contributed by atoms with Crippen LogP contribution in [0.2, 0.25) is 0 Å². The molecule has 3 rings (SSSR count). The van der Waals surface area contributed by atoms with Crippen LogP contribution < -0.4 is 5.56 Å². The molecule has 0 aromatic carbocycles. The Labute approximate surface area is 106 Å². The quantitative estimate of drug-likeness (QED) is 0.453. The molecule has 1 fully saturated rings. The molecule has 3 heterocycles. The van der Waals surface area contributed by atoms with Crippen LogP contribution in [-0.2, 0) is 4.74 Å². The second-order valence-corrected chi connectivity index (χ2v) is 4.28. The van der Waals surface area contributed by atoms with Crippen molar-refractivity contribution in [2.24, 2.45) is 0 Å². The van der Waals surface area contributed by atoms with E-state index in [1.807, 2.05) is 0 Å². The second-order valence-electron chi connectivity index (χ2n) is 4.28. The van der Waals surface area contributed by atoms with Crippen LogP contribution in [-0.4, -0.2) is 59.8 Å². The van der Waals surface area contributed by atoms with E-state index in [1.54, 1.807) is 0 Å². The summed E-state index contributed by atoms with van der Waals surface area (Å²) in [4.78, 5) is 21.8. The van der Waals surface area contributed by atoms with Crippen molar-refractivity contribution in [3.63, 3.8) is 0 Å². The minimum atomic E-state index is -1.24. The van der Waals surface area contributed by atoms with Crippen molar-refractivity contribution in [2.75, 3.05) is 6.61 Å². The number of aliphatic hydroxyl groups excluding tert-OH is 3. The average molecular weight is 273 g/mol. The molecular weight excluding hydrogens is 261 g/mol. The molecule has 1 aliphatic heterocycles. The highest BCUT2D eigenvalue weighted by Gasteiger charge is 2.43. The first-order valence-corrected chi connectivity index (χ1v) is 5.66. The number of aromatic nitrogens is 4. The fraction of sp³-hybridized carbons (Fsp3) is 0.500. The molecule has 9 heteroatoms. The summed E-state index contributed by atoms with van der Waals surface area (Å²) in [6.07, 6.45) is -1.78. The van der Waals surface area contributed by atoms with Gasteiger partial charge in [0.2, 0.25) is 0 Å². The van der Waals surface area contributed by atoms with Crippen molar-refractivity contribution in [2.45, 2.75) is 24.5 Å². The highest BCUT2D eigenvalue weighted by atomic mass is 16.8. The molecule has 1 saturated heterocycles. The van der Waals surface area contributed by atoms with Gasteiger partial charge in [-0.25, -0.2) is 9.97 Å². The van der Waals surface area contributed by atoms with E-state index in [4.69, 9.17) is 9.84 Å². The Morgan fingerprint density at radius 2 is 2.16 bits per heavy atom. The third kappa shape index (κ3) is 1.75. The molecule has 2 aromatic heterocycles. The summed E-state index contributed by atoms with van der Waals surface area (Å²) < 4.78 is 6.70. The topological polar surface area (TPSA) is 133 Å². The normalized spacial score (nSPS) is 31.1. The van der Waals surface area contributed by atoms with E-state index in [1.165, 1.54) is 17.2 Å². The van der Waals surface area contributed by atoms with Crippen molar-refractivity contribution < 1.29 is 20.1 Å². The molecule has 102 valence electrons. The summed E-state index contributed by atoms with van der Waals surface area (Å²) in [7, 11) is 0. The lowest BCUT2D eigenvalue weighted by Gasteiger charge is -2.16. The number of ether oxygens (including phenoxy) is 1. The molecule has 0 saturated carbocycles. The third-order valence-corrected chi connectivity index (χ3v) is 3.16. The highest BCUT2D eigenvalue weighted by molar-refractivity contribution is 5.68. The summed E-state index contributed by atoms with van der Waals surface area (Å²) in [5, 5.41) is 28.6. The number of rotatable bonds is 2. The maximum atomic E-state index is 11.5. The van der Waals surface area contributed by atoms with Gasteiger partial charge in [-0.3, -0.25) is 9.36 Å². The van der Waals surface area contributed by atoms with E-state index >= 15 is 0 Å². The van der Waals surface area contributed by atoms with E-state index in [0.29, 0.717) is 0 Å². The summed E-state index contributed by atoms with van der Waals surface area (Å²) >= 11 is 0. The maximum Gasteiger partial charge on any atom is 0.278 e. The molecule has 2 aromatic rings. The first-order chi connectivity index (χ1) is 9.13. The number of aromatic amines is 1. The number of hydrogen-bond acceptors (Lipinski definition) is 7. The molecule has 4 N–H and O–H groups in total. The molecule has 0 bridgehead atoms. The van der Waals surface area contributed by atoms with Crippen molar-refractivity contribution in [3.8, 4) is 0 Å². The average Bonchev–Trinajstić information content (AvgIpc) is 2.94. The monoisotopic (exact) mass is 273 g/mol. The number of aliphatic hydroxyl groups is 3. The molecule has 0 aliphatic carbocycles. The molecule has 0 amide bonds. The minimum absolute atomic E-state index is 0.111. The Hall–Kier alpha value is -1.81. The number of fused-ring (bicyclic) bond motifs is 1. The van der Waals surface area contributed by atoms with Crippen LogP contribution in [0.3, 0.4) is 0 Å². The Balaban J connectivity index is 2.06. The van der Waals surface area contributed by atoms with Gasteiger partial charge in [0.25, 0.3) is 5.56 Å². The molecule has 0 radical (unpaired) electrons. The number of nitrogens with zero attached hydrogens (tertiary/aromatic N) is 3. The lowest BCUT2D eigenvalue weighted by Crippen LogP contribution is -2.33. The maximum absolute atomic E-state index is 11.5. The first-order valence-electron chi connectivity index (χ1n) is 5.66.